The molecular formula is C10H10N5+. The third-order valence-electron chi connectivity index (χ3n) is 2.01. The molecule has 0 aliphatic heterocycles. The maximum atomic E-state index is 6.83. The van der Waals surface area contributed by atoms with Crippen LogP contribution in [-0.2, 0) is 6.54 Å². The number of hydrogen-bond donors (Lipinski definition) is 1. The van der Waals surface area contributed by atoms with Gasteiger partial charge in [0.2, 0.25) is 6.33 Å². The lowest BCUT2D eigenvalue weighted by molar-refractivity contribution is -0.639. The highest BCUT2D eigenvalue weighted by Crippen LogP contribution is 2.12. The lowest BCUT2D eigenvalue weighted by Gasteiger charge is -1.95. The van der Waals surface area contributed by atoms with Gasteiger partial charge in [-0.05, 0) is 5.56 Å². The fourth-order valence-electron chi connectivity index (χ4n) is 1.28. The summed E-state index contributed by atoms with van der Waals surface area (Å²) in [7, 11) is 0. The third-order valence-corrected chi connectivity index (χ3v) is 2.01. The standard InChI is InChI=1S/C10H10N5/c1-12-10-4-2-9(3-5-10)6-15-8-14(11)7-13-15/h2-5,7-8H,6,11H2/q+1. The first-order valence-electron chi connectivity index (χ1n) is 4.43. The first kappa shape index (κ1) is 9.21. The summed E-state index contributed by atoms with van der Waals surface area (Å²) < 4.78 is 3.13. The van der Waals surface area contributed by atoms with Gasteiger partial charge >= 0.3 is 0 Å². The van der Waals surface area contributed by atoms with Crippen LogP contribution in [0.4, 0.5) is 5.69 Å². The Labute approximate surface area is 87.2 Å². The number of aromatic nitrogens is 3. The first-order valence-corrected chi connectivity index (χ1v) is 4.43. The minimum Gasteiger partial charge on any atom is -0.289 e. The Balaban J connectivity index is 2.15. The zero-order valence-corrected chi connectivity index (χ0v) is 8.04. The van der Waals surface area contributed by atoms with E-state index in [1.54, 1.807) is 23.1 Å². The van der Waals surface area contributed by atoms with Crippen molar-refractivity contribution in [1.29, 1.82) is 0 Å². The van der Waals surface area contributed by atoms with Gasteiger partial charge in [0.25, 0.3) is 6.33 Å². The summed E-state index contributed by atoms with van der Waals surface area (Å²) in [5.74, 6) is 5.47. The summed E-state index contributed by atoms with van der Waals surface area (Å²) in [5, 5.41) is 4.05. The number of nitrogen functional groups attached to an aromatic ring is 1. The van der Waals surface area contributed by atoms with E-state index in [1.165, 1.54) is 11.0 Å². The summed E-state index contributed by atoms with van der Waals surface area (Å²) in [4.78, 5) is 3.33. The molecule has 0 atom stereocenters. The van der Waals surface area contributed by atoms with Gasteiger partial charge < -0.3 is 0 Å². The molecule has 0 aliphatic rings. The molecule has 0 bridgehead atoms. The van der Waals surface area contributed by atoms with Gasteiger partial charge in [0.05, 0.1) is 6.57 Å². The molecule has 1 heterocycles. The maximum absolute atomic E-state index is 6.83. The largest absolute Gasteiger partial charge is 0.289 e. The summed E-state index contributed by atoms with van der Waals surface area (Å²) in [6, 6.07) is 7.41. The van der Waals surface area contributed by atoms with Crippen molar-refractivity contribution >= 4 is 5.69 Å². The number of benzene rings is 1. The summed E-state index contributed by atoms with van der Waals surface area (Å²) in [5.41, 5.74) is 1.74. The van der Waals surface area contributed by atoms with Gasteiger partial charge in [-0.25, -0.2) is 4.85 Å². The lowest BCUT2D eigenvalue weighted by Crippen LogP contribution is -2.42. The fraction of sp³-hybridized carbons (Fsp3) is 0.100. The Morgan fingerprint density at radius 3 is 2.67 bits per heavy atom. The van der Waals surface area contributed by atoms with Crippen molar-refractivity contribution in [2.24, 2.45) is 0 Å². The van der Waals surface area contributed by atoms with Crippen LogP contribution in [0.1, 0.15) is 5.56 Å². The topological polar surface area (TPSA) is 52.1 Å². The van der Waals surface area contributed by atoms with Gasteiger partial charge in [0.15, 0.2) is 5.69 Å². The molecule has 0 spiro atoms. The minimum absolute atomic E-state index is 0.646. The second-order valence-electron chi connectivity index (χ2n) is 3.17. The van der Waals surface area contributed by atoms with E-state index < -0.39 is 0 Å². The first-order chi connectivity index (χ1) is 7.28. The molecule has 0 unspecified atom stereocenters. The lowest BCUT2D eigenvalue weighted by atomic mass is 10.2. The van der Waals surface area contributed by atoms with Crippen LogP contribution in [0.15, 0.2) is 36.9 Å². The summed E-state index contributed by atoms with van der Waals surface area (Å²) >= 11 is 0. The van der Waals surface area contributed by atoms with E-state index in [-0.39, 0.29) is 0 Å². The van der Waals surface area contributed by atoms with E-state index in [1.807, 2.05) is 12.1 Å². The van der Waals surface area contributed by atoms with Crippen molar-refractivity contribution < 1.29 is 4.68 Å². The van der Waals surface area contributed by atoms with Crippen LogP contribution in [0.25, 0.3) is 4.85 Å². The Kier molecular flexibility index (Phi) is 2.33. The van der Waals surface area contributed by atoms with Crippen LogP contribution in [0.3, 0.4) is 0 Å². The second-order valence-corrected chi connectivity index (χ2v) is 3.17. The molecule has 2 N–H and O–H groups in total. The Morgan fingerprint density at radius 2 is 2.13 bits per heavy atom. The number of rotatable bonds is 2. The molecule has 0 aliphatic carbocycles. The Morgan fingerprint density at radius 1 is 1.40 bits per heavy atom. The van der Waals surface area contributed by atoms with E-state index in [0.717, 1.165) is 5.56 Å². The molecule has 5 heteroatoms. The van der Waals surface area contributed by atoms with Gasteiger partial charge in [-0.3, -0.25) is 5.84 Å². The van der Waals surface area contributed by atoms with Crippen molar-refractivity contribution in [3.8, 4) is 0 Å². The minimum atomic E-state index is 0.646. The predicted octanol–water partition coefficient (Wildman–Crippen LogP) is 0.483. The quantitative estimate of drug-likeness (QED) is 0.435. The van der Waals surface area contributed by atoms with Crippen LogP contribution >= 0.6 is 0 Å². The molecule has 15 heavy (non-hydrogen) atoms. The molecule has 1 aromatic heterocycles. The van der Waals surface area contributed by atoms with E-state index in [9.17, 15) is 0 Å². The SMILES string of the molecule is [C-]#[N+]c1ccc(Cn2c[n+](N)cn2)cc1. The smallest absolute Gasteiger partial charge is 0.286 e. The summed E-state index contributed by atoms with van der Waals surface area (Å²) in [6.45, 7) is 7.48. The highest BCUT2D eigenvalue weighted by Gasteiger charge is 2.03. The molecule has 1 aromatic carbocycles. The highest BCUT2D eigenvalue weighted by atomic mass is 15.4. The van der Waals surface area contributed by atoms with Crippen LogP contribution < -0.4 is 10.5 Å². The maximum Gasteiger partial charge on any atom is 0.286 e. The number of nitrogens with two attached hydrogens (primary N) is 1. The van der Waals surface area contributed by atoms with Crippen molar-refractivity contribution in [3.05, 3.63) is 53.9 Å². The Bertz CT molecular complexity index is 491. The molecule has 0 radical (unpaired) electrons. The van der Waals surface area contributed by atoms with E-state index in [4.69, 9.17) is 12.4 Å². The zero-order chi connectivity index (χ0) is 10.7. The van der Waals surface area contributed by atoms with Crippen LogP contribution in [-0.4, -0.2) is 9.78 Å². The predicted molar refractivity (Wildman–Crippen MR) is 54.4 cm³/mol. The molecule has 2 rings (SSSR count). The molecule has 0 fully saturated rings. The highest BCUT2D eigenvalue weighted by molar-refractivity contribution is 5.45. The number of nitrogens with zero attached hydrogens (tertiary/aromatic N) is 4. The molecule has 0 saturated heterocycles. The average Bonchev–Trinajstić information content (AvgIpc) is 2.65. The van der Waals surface area contributed by atoms with Crippen molar-refractivity contribution in [3.63, 3.8) is 0 Å². The van der Waals surface area contributed by atoms with Gasteiger partial charge in [0.1, 0.15) is 6.54 Å². The van der Waals surface area contributed by atoms with Gasteiger partial charge in [-0.1, -0.05) is 24.3 Å². The van der Waals surface area contributed by atoms with Gasteiger partial charge in [-0.15, -0.1) is 9.36 Å². The van der Waals surface area contributed by atoms with Crippen molar-refractivity contribution in [2.45, 2.75) is 6.54 Å². The molecular weight excluding hydrogens is 190 g/mol. The molecule has 2 aromatic rings. The van der Waals surface area contributed by atoms with E-state index in [0.29, 0.717) is 12.2 Å². The molecule has 74 valence electrons. The van der Waals surface area contributed by atoms with Crippen molar-refractivity contribution in [1.82, 2.24) is 9.78 Å². The monoisotopic (exact) mass is 200 g/mol. The molecule has 0 saturated carbocycles. The van der Waals surface area contributed by atoms with Crippen molar-refractivity contribution in [2.75, 3.05) is 5.84 Å². The molecule has 0 amide bonds. The zero-order valence-electron chi connectivity index (χ0n) is 8.04. The van der Waals surface area contributed by atoms with Gasteiger partial charge in [-0.2, -0.15) is 0 Å². The second kappa shape index (κ2) is 3.80. The van der Waals surface area contributed by atoms with Gasteiger partial charge in [0, 0.05) is 5.10 Å². The summed E-state index contributed by atoms with van der Waals surface area (Å²) in [6.07, 6.45) is 3.23. The fourth-order valence-corrected chi connectivity index (χ4v) is 1.28. The van der Waals surface area contributed by atoms with E-state index >= 15 is 0 Å². The number of hydrogen-bond acceptors (Lipinski definition) is 2. The van der Waals surface area contributed by atoms with Crippen LogP contribution in [0.5, 0.6) is 0 Å². The molecule has 5 nitrogen and oxygen atoms in total. The third kappa shape index (κ3) is 2.11. The van der Waals surface area contributed by atoms with E-state index in [2.05, 4.69) is 9.94 Å². The van der Waals surface area contributed by atoms with Crippen LogP contribution in [0.2, 0.25) is 0 Å². The Hall–Kier alpha value is -2.35. The average molecular weight is 200 g/mol. The van der Waals surface area contributed by atoms with Crippen LogP contribution in [0, 0.1) is 6.57 Å². The normalized spacial score (nSPS) is 9.80.